The molecule has 0 saturated carbocycles. The predicted octanol–water partition coefficient (Wildman–Crippen LogP) is 2.88. The van der Waals surface area contributed by atoms with Crippen LogP contribution in [0.4, 0.5) is 5.00 Å². The number of rotatable bonds is 7. The summed E-state index contributed by atoms with van der Waals surface area (Å²) in [6.45, 7) is 2.56. The molecule has 2 amide bonds. The standard InChI is InChI=1S/C21H21N3O4S/c1-13-17(14-6-4-3-5-7-14)18(19(22)26)21(29-13)23-20(27)15-8-9-16(25)24(12-15)10-11-28-2/h3-9,12H,10-11H2,1-2H3,(H2,22,26)(H,23,27). The van der Waals surface area contributed by atoms with Gasteiger partial charge in [-0.05, 0) is 18.6 Å². The van der Waals surface area contributed by atoms with Crippen LogP contribution in [0, 0.1) is 6.92 Å². The van der Waals surface area contributed by atoms with E-state index in [1.807, 2.05) is 37.3 Å². The molecule has 150 valence electrons. The van der Waals surface area contributed by atoms with Crippen LogP contribution in [0.5, 0.6) is 0 Å². The van der Waals surface area contributed by atoms with E-state index in [1.54, 1.807) is 0 Å². The molecule has 0 atom stereocenters. The quantitative estimate of drug-likeness (QED) is 0.624. The molecule has 7 nitrogen and oxygen atoms in total. The van der Waals surface area contributed by atoms with Gasteiger partial charge in [-0.15, -0.1) is 11.3 Å². The lowest BCUT2D eigenvalue weighted by Crippen LogP contribution is -2.24. The van der Waals surface area contributed by atoms with Gasteiger partial charge >= 0.3 is 0 Å². The topological polar surface area (TPSA) is 103 Å². The molecule has 0 fully saturated rings. The molecule has 0 aliphatic carbocycles. The highest BCUT2D eigenvalue weighted by Gasteiger charge is 2.23. The van der Waals surface area contributed by atoms with Gasteiger partial charge in [0.25, 0.3) is 17.4 Å². The number of primary amides is 1. The maximum absolute atomic E-state index is 12.8. The maximum atomic E-state index is 12.8. The Balaban J connectivity index is 1.96. The van der Waals surface area contributed by atoms with Crippen molar-refractivity contribution in [2.75, 3.05) is 19.0 Å². The third-order valence-corrected chi connectivity index (χ3v) is 5.42. The molecule has 0 aliphatic rings. The third kappa shape index (κ3) is 4.44. The van der Waals surface area contributed by atoms with Crippen LogP contribution in [-0.4, -0.2) is 30.1 Å². The van der Waals surface area contributed by atoms with Gasteiger partial charge in [0.1, 0.15) is 5.00 Å². The zero-order valence-corrected chi connectivity index (χ0v) is 16.9. The van der Waals surface area contributed by atoms with E-state index in [0.29, 0.717) is 29.3 Å². The van der Waals surface area contributed by atoms with E-state index in [-0.39, 0.29) is 11.1 Å². The summed E-state index contributed by atoms with van der Waals surface area (Å²) in [7, 11) is 1.54. The Kier molecular flexibility index (Phi) is 6.26. The number of methoxy groups -OCH3 is 1. The Bertz CT molecular complexity index is 1100. The molecule has 0 radical (unpaired) electrons. The van der Waals surface area contributed by atoms with Crippen molar-refractivity contribution in [1.29, 1.82) is 0 Å². The summed E-state index contributed by atoms with van der Waals surface area (Å²) >= 11 is 1.29. The fraction of sp³-hybridized carbons (Fsp3) is 0.190. The van der Waals surface area contributed by atoms with Gasteiger partial charge in [0, 0.05) is 36.4 Å². The highest BCUT2D eigenvalue weighted by molar-refractivity contribution is 7.17. The van der Waals surface area contributed by atoms with Crippen molar-refractivity contribution in [3.05, 3.63) is 75.0 Å². The minimum absolute atomic E-state index is 0.227. The average Bonchev–Trinajstić information content (AvgIpc) is 3.03. The molecule has 0 saturated heterocycles. The Labute approximate surface area is 171 Å². The minimum Gasteiger partial charge on any atom is -0.383 e. The van der Waals surface area contributed by atoms with E-state index in [4.69, 9.17) is 10.5 Å². The number of amides is 2. The fourth-order valence-corrected chi connectivity index (χ4v) is 4.10. The van der Waals surface area contributed by atoms with Crippen LogP contribution in [0.2, 0.25) is 0 Å². The van der Waals surface area contributed by atoms with E-state index in [9.17, 15) is 14.4 Å². The summed E-state index contributed by atoms with van der Waals surface area (Å²) in [5, 5.41) is 3.16. The number of carbonyl (C=O) groups excluding carboxylic acids is 2. The number of anilines is 1. The number of hydrogen-bond donors (Lipinski definition) is 2. The molecule has 0 spiro atoms. The van der Waals surface area contributed by atoms with Gasteiger partial charge in [0.15, 0.2) is 0 Å². The molecule has 29 heavy (non-hydrogen) atoms. The summed E-state index contributed by atoms with van der Waals surface area (Å²) in [5.41, 5.74) is 7.54. The number of nitrogens with one attached hydrogen (secondary N) is 1. The van der Waals surface area contributed by atoms with E-state index in [1.165, 1.54) is 41.3 Å². The second-order valence-electron chi connectivity index (χ2n) is 6.36. The first-order valence-electron chi connectivity index (χ1n) is 8.91. The summed E-state index contributed by atoms with van der Waals surface area (Å²) < 4.78 is 6.39. The van der Waals surface area contributed by atoms with E-state index in [0.717, 1.165) is 10.4 Å². The van der Waals surface area contributed by atoms with Gasteiger partial charge in [-0.3, -0.25) is 14.4 Å². The van der Waals surface area contributed by atoms with Crippen LogP contribution in [0.25, 0.3) is 11.1 Å². The number of nitrogens with zero attached hydrogens (tertiary/aromatic N) is 1. The molecule has 0 unspecified atom stereocenters. The van der Waals surface area contributed by atoms with Gasteiger partial charge in [-0.2, -0.15) is 0 Å². The number of ether oxygens (including phenoxy) is 1. The maximum Gasteiger partial charge on any atom is 0.257 e. The molecule has 1 aromatic carbocycles. The Hall–Kier alpha value is -3.23. The molecule has 2 heterocycles. The monoisotopic (exact) mass is 411 g/mol. The summed E-state index contributed by atoms with van der Waals surface area (Å²) in [4.78, 5) is 37.8. The Morgan fingerprint density at radius 3 is 2.55 bits per heavy atom. The van der Waals surface area contributed by atoms with Gasteiger partial charge in [0.2, 0.25) is 0 Å². The van der Waals surface area contributed by atoms with E-state index in [2.05, 4.69) is 5.32 Å². The van der Waals surface area contributed by atoms with E-state index < -0.39 is 11.8 Å². The Morgan fingerprint density at radius 2 is 1.90 bits per heavy atom. The number of benzene rings is 1. The number of aromatic nitrogens is 1. The highest BCUT2D eigenvalue weighted by Crippen LogP contribution is 2.39. The molecular formula is C21H21N3O4S. The number of carbonyl (C=O) groups is 2. The molecule has 3 rings (SSSR count). The van der Waals surface area contributed by atoms with Crippen molar-refractivity contribution >= 4 is 28.2 Å². The number of hydrogen-bond acceptors (Lipinski definition) is 5. The largest absolute Gasteiger partial charge is 0.383 e. The summed E-state index contributed by atoms with van der Waals surface area (Å²) in [6.07, 6.45) is 1.47. The summed E-state index contributed by atoms with van der Waals surface area (Å²) in [5.74, 6) is -1.05. The first-order valence-corrected chi connectivity index (χ1v) is 9.73. The average molecular weight is 411 g/mol. The zero-order valence-electron chi connectivity index (χ0n) is 16.1. The van der Waals surface area contributed by atoms with Crippen LogP contribution in [-0.2, 0) is 11.3 Å². The third-order valence-electron chi connectivity index (χ3n) is 4.40. The van der Waals surface area contributed by atoms with Crippen molar-refractivity contribution in [3.63, 3.8) is 0 Å². The zero-order chi connectivity index (χ0) is 21.0. The lowest BCUT2D eigenvalue weighted by molar-refractivity contribution is 0.100. The fourth-order valence-electron chi connectivity index (χ4n) is 3.03. The minimum atomic E-state index is -0.617. The van der Waals surface area contributed by atoms with Gasteiger partial charge in [-0.25, -0.2) is 0 Å². The first-order chi connectivity index (χ1) is 13.9. The highest BCUT2D eigenvalue weighted by atomic mass is 32.1. The van der Waals surface area contributed by atoms with Crippen molar-refractivity contribution in [2.45, 2.75) is 13.5 Å². The molecule has 2 aromatic heterocycles. The molecule has 3 N–H and O–H groups in total. The normalized spacial score (nSPS) is 10.7. The lowest BCUT2D eigenvalue weighted by atomic mass is 10.0. The molecule has 0 bridgehead atoms. The first kappa shape index (κ1) is 20.5. The lowest BCUT2D eigenvalue weighted by Gasteiger charge is -2.09. The Morgan fingerprint density at radius 1 is 1.17 bits per heavy atom. The molecule has 8 heteroatoms. The molecule has 0 aliphatic heterocycles. The van der Waals surface area contributed by atoms with Crippen LogP contribution >= 0.6 is 11.3 Å². The van der Waals surface area contributed by atoms with Crippen LogP contribution < -0.4 is 16.6 Å². The predicted molar refractivity (Wildman–Crippen MR) is 114 cm³/mol. The number of pyridine rings is 1. The van der Waals surface area contributed by atoms with Crippen LogP contribution in [0.15, 0.2) is 53.5 Å². The summed E-state index contributed by atoms with van der Waals surface area (Å²) in [6, 6.07) is 12.2. The second-order valence-corrected chi connectivity index (χ2v) is 7.59. The van der Waals surface area contributed by atoms with E-state index >= 15 is 0 Å². The molecule has 3 aromatic rings. The number of thiophene rings is 1. The van der Waals surface area contributed by atoms with Crippen molar-refractivity contribution in [3.8, 4) is 11.1 Å². The van der Waals surface area contributed by atoms with Crippen LogP contribution in [0.3, 0.4) is 0 Å². The number of nitrogens with two attached hydrogens (primary N) is 1. The van der Waals surface area contributed by atoms with Crippen LogP contribution in [0.1, 0.15) is 25.6 Å². The van der Waals surface area contributed by atoms with Crippen molar-refractivity contribution in [1.82, 2.24) is 4.57 Å². The smallest absolute Gasteiger partial charge is 0.257 e. The molecular weight excluding hydrogens is 390 g/mol. The second kappa shape index (κ2) is 8.85. The SMILES string of the molecule is COCCn1cc(C(=O)Nc2sc(C)c(-c3ccccc3)c2C(N)=O)ccc1=O. The van der Waals surface area contributed by atoms with Gasteiger partial charge in [0.05, 0.1) is 17.7 Å². The van der Waals surface area contributed by atoms with Crippen molar-refractivity contribution < 1.29 is 14.3 Å². The van der Waals surface area contributed by atoms with Gasteiger partial charge < -0.3 is 20.4 Å². The van der Waals surface area contributed by atoms with Crippen molar-refractivity contribution in [2.24, 2.45) is 5.73 Å². The number of aryl methyl sites for hydroxylation is 1. The van der Waals surface area contributed by atoms with Gasteiger partial charge in [-0.1, -0.05) is 30.3 Å².